The fourth-order valence-electron chi connectivity index (χ4n) is 2.87. The van der Waals surface area contributed by atoms with Crippen LogP contribution in [0.1, 0.15) is 30.4 Å². The number of hydrogen-bond acceptors (Lipinski definition) is 2. The number of halogens is 1. The van der Waals surface area contributed by atoms with Gasteiger partial charge in [0, 0.05) is 5.02 Å². The Bertz CT molecular complexity index is 438. The molecule has 0 saturated carbocycles. The third kappa shape index (κ3) is 2.04. The molecule has 2 heterocycles. The highest BCUT2D eigenvalue weighted by molar-refractivity contribution is 6.31. The normalized spacial score (nSPS) is 22.0. The van der Waals surface area contributed by atoms with Crippen LogP contribution in [0.3, 0.4) is 0 Å². The Morgan fingerprint density at radius 3 is 2.76 bits per heavy atom. The molecule has 0 aromatic heterocycles. The Kier molecular flexibility index (Phi) is 2.80. The van der Waals surface area contributed by atoms with Gasteiger partial charge in [0.2, 0.25) is 0 Å². The van der Waals surface area contributed by atoms with Crippen LogP contribution in [0, 0.1) is 6.92 Å². The van der Waals surface area contributed by atoms with Crippen LogP contribution < -0.4 is 10.1 Å². The van der Waals surface area contributed by atoms with Gasteiger partial charge in [-0.25, -0.2) is 0 Å². The lowest BCUT2D eigenvalue weighted by Crippen LogP contribution is -2.48. The molecular weight excluding hydrogens is 234 g/mol. The lowest BCUT2D eigenvalue weighted by molar-refractivity contribution is 0.0169. The Morgan fingerprint density at radius 1 is 1.24 bits per heavy atom. The predicted octanol–water partition coefficient (Wildman–Crippen LogP) is 3.10. The minimum absolute atomic E-state index is 0.0819. The number of benzene rings is 1. The standard InChI is InChI=1S/C14H18ClNO/c1-10-8-13-11(9-12(10)15)2-3-14(17-13)4-6-16-7-5-14/h8-9,16H,2-7H2,1H3. The van der Waals surface area contributed by atoms with Crippen molar-refractivity contribution in [1.82, 2.24) is 5.32 Å². The Hall–Kier alpha value is -0.730. The molecule has 0 atom stereocenters. The monoisotopic (exact) mass is 251 g/mol. The summed E-state index contributed by atoms with van der Waals surface area (Å²) in [7, 11) is 0. The minimum atomic E-state index is 0.0819. The summed E-state index contributed by atoms with van der Waals surface area (Å²) < 4.78 is 6.30. The average molecular weight is 252 g/mol. The van der Waals surface area contributed by atoms with Gasteiger partial charge in [0.1, 0.15) is 11.4 Å². The van der Waals surface area contributed by atoms with E-state index in [4.69, 9.17) is 16.3 Å². The highest BCUT2D eigenvalue weighted by atomic mass is 35.5. The Labute approximate surface area is 107 Å². The van der Waals surface area contributed by atoms with Crippen LogP contribution in [-0.4, -0.2) is 18.7 Å². The van der Waals surface area contributed by atoms with Crippen LogP contribution in [0.15, 0.2) is 12.1 Å². The van der Waals surface area contributed by atoms with Crippen LogP contribution >= 0.6 is 11.6 Å². The van der Waals surface area contributed by atoms with Gasteiger partial charge in [-0.2, -0.15) is 0 Å². The lowest BCUT2D eigenvalue weighted by Gasteiger charge is -2.41. The van der Waals surface area contributed by atoms with E-state index >= 15 is 0 Å². The number of aryl methyl sites for hydroxylation is 2. The first kappa shape index (κ1) is 11.4. The van der Waals surface area contributed by atoms with E-state index in [1.54, 1.807) is 0 Å². The SMILES string of the molecule is Cc1cc2c(cc1Cl)CCC1(CCNCC1)O2. The smallest absolute Gasteiger partial charge is 0.123 e. The molecule has 0 bridgehead atoms. The van der Waals surface area contributed by atoms with Gasteiger partial charge < -0.3 is 10.1 Å². The second kappa shape index (κ2) is 4.18. The lowest BCUT2D eigenvalue weighted by atomic mass is 9.83. The van der Waals surface area contributed by atoms with Crippen molar-refractivity contribution < 1.29 is 4.74 Å². The average Bonchev–Trinajstić information content (AvgIpc) is 2.33. The maximum atomic E-state index is 6.30. The predicted molar refractivity (Wildman–Crippen MR) is 70.0 cm³/mol. The molecule has 1 spiro atoms. The fraction of sp³-hybridized carbons (Fsp3) is 0.571. The number of hydrogen-bond donors (Lipinski definition) is 1. The second-order valence-electron chi connectivity index (χ2n) is 5.24. The largest absolute Gasteiger partial charge is 0.487 e. The van der Waals surface area contributed by atoms with Crippen molar-refractivity contribution >= 4 is 11.6 Å². The maximum Gasteiger partial charge on any atom is 0.123 e. The molecule has 1 aromatic carbocycles. The molecule has 0 amide bonds. The topological polar surface area (TPSA) is 21.3 Å². The van der Waals surface area contributed by atoms with Crippen LogP contribution in [0.2, 0.25) is 5.02 Å². The van der Waals surface area contributed by atoms with Crippen LogP contribution in [0.25, 0.3) is 0 Å². The summed E-state index contributed by atoms with van der Waals surface area (Å²) in [6.07, 6.45) is 4.46. The minimum Gasteiger partial charge on any atom is -0.487 e. The molecule has 0 aliphatic carbocycles. The number of fused-ring (bicyclic) bond motifs is 1. The molecule has 1 saturated heterocycles. The van der Waals surface area contributed by atoms with E-state index < -0.39 is 0 Å². The summed E-state index contributed by atoms with van der Waals surface area (Å²) in [4.78, 5) is 0. The molecule has 92 valence electrons. The highest BCUT2D eigenvalue weighted by Gasteiger charge is 2.37. The summed E-state index contributed by atoms with van der Waals surface area (Å²) in [5.41, 5.74) is 2.46. The highest BCUT2D eigenvalue weighted by Crippen LogP contribution is 2.40. The van der Waals surface area contributed by atoms with E-state index in [0.717, 1.165) is 55.1 Å². The number of ether oxygens (including phenoxy) is 1. The molecule has 3 rings (SSSR count). The van der Waals surface area contributed by atoms with Gasteiger partial charge in [-0.05, 0) is 69.0 Å². The maximum absolute atomic E-state index is 6.30. The molecule has 2 nitrogen and oxygen atoms in total. The van der Waals surface area contributed by atoms with E-state index in [1.165, 1.54) is 5.56 Å². The van der Waals surface area contributed by atoms with Crippen molar-refractivity contribution in [3.8, 4) is 5.75 Å². The van der Waals surface area contributed by atoms with Gasteiger partial charge in [-0.3, -0.25) is 0 Å². The zero-order chi connectivity index (χ0) is 11.9. The quantitative estimate of drug-likeness (QED) is 0.765. The molecule has 0 unspecified atom stereocenters. The first-order chi connectivity index (χ1) is 8.19. The first-order valence-electron chi connectivity index (χ1n) is 6.37. The summed E-state index contributed by atoms with van der Waals surface area (Å²) in [6.45, 7) is 4.18. The molecule has 3 heteroatoms. The summed E-state index contributed by atoms with van der Waals surface area (Å²) in [6, 6.07) is 4.17. The van der Waals surface area contributed by atoms with Crippen LogP contribution in [0.5, 0.6) is 5.75 Å². The number of nitrogens with one attached hydrogen (secondary N) is 1. The zero-order valence-electron chi connectivity index (χ0n) is 10.2. The molecular formula is C14H18ClNO. The van der Waals surface area contributed by atoms with Gasteiger partial charge in [0.15, 0.2) is 0 Å². The summed E-state index contributed by atoms with van der Waals surface area (Å²) in [5, 5.41) is 4.25. The van der Waals surface area contributed by atoms with Crippen molar-refractivity contribution in [2.75, 3.05) is 13.1 Å². The fourth-order valence-corrected chi connectivity index (χ4v) is 3.05. The van der Waals surface area contributed by atoms with E-state index in [9.17, 15) is 0 Å². The van der Waals surface area contributed by atoms with Gasteiger partial charge in [0.05, 0.1) is 0 Å². The molecule has 17 heavy (non-hydrogen) atoms. The van der Waals surface area contributed by atoms with Gasteiger partial charge >= 0.3 is 0 Å². The van der Waals surface area contributed by atoms with Crippen molar-refractivity contribution in [2.45, 2.75) is 38.2 Å². The van der Waals surface area contributed by atoms with E-state index in [2.05, 4.69) is 17.4 Å². The summed E-state index contributed by atoms with van der Waals surface area (Å²) >= 11 is 6.16. The molecule has 1 aromatic rings. The van der Waals surface area contributed by atoms with Crippen LogP contribution in [-0.2, 0) is 6.42 Å². The van der Waals surface area contributed by atoms with Crippen LogP contribution in [0.4, 0.5) is 0 Å². The van der Waals surface area contributed by atoms with E-state index in [0.29, 0.717) is 0 Å². The van der Waals surface area contributed by atoms with Crippen molar-refractivity contribution in [2.24, 2.45) is 0 Å². The molecule has 1 fully saturated rings. The van der Waals surface area contributed by atoms with E-state index in [-0.39, 0.29) is 5.60 Å². The van der Waals surface area contributed by atoms with Gasteiger partial charge in [-0.1, -0.05) is 11.6 Å². The molecule has 1 N–H and O–H groups in total. The third-order valence-electron chi connectivity index (χ3n) is 4.03. The van der Waals surface area contributed by atoms with Gasteiger partial charge in [0.25, 0.3) is 0 Å². The summed E-state index contributed by atoms with van der Waals surface area (Å²) in [5.74, 6) is 1.06. The molecule has 0 radical (unpaired) electrons. The van der Waals surface area contributed by atoms with Crippen molar-refractivity contribution in [3.05, 3.63) is 28.3 Å². The molecule has 2 aliphatic heterocycles. The third-order valence-corrected chi connectivity index (χ3v) is 4.44. The molecule has 2 aliphatic rings. The van der Waals surface area contributed by atoms with Crippen molar-refractivity contribution in [1.29, 1.82) is 0 Å². The zero-order valence-corrected chi connectivity index (χ0v) is 10.9. The second-order valence-corrected chi connectivity index (χ2v) is 5.65. The Balaban J connectivity index is 1.91. The number of piperidine rings is 1. The first-order valence-corrected chi connectivity index (χ1v) is 6.75. The van der Waals surface area contributed by atoms with E-state index in [1.807, 2.05) is 6.92 Å². The van der Waals surface area contributed by atoms with Crippen molar-refractivity contribution in [3.63, 3.8) is 0 Å². The Morgan fingerprint density at radius 2 is 2.00 bits per heavy atom. The van der Waals surface area contributed by atoms with Gasteiger partial charge in [-0.15, -0.1) is 0 Å². The number of rotatable bonds is 0.